The number of hydrogen-bond acceptors (Lipinski definition) is 4. The van der Waals surface area contributed by atoms with Crippen molar-refractivity contribution in [1.29, 1.82) is 0 Å². The van der Waals surface area contributed by atoms with Crippen molar-refractivity contribution in [2.45, 2.75) is 32.1 Å². The van der Waals surface area contributed by atoms with Gasteiger partial charge in [0.05, 0.1) is 10.7 Å². The summed E-state index contributed by atoms with van der Waals surface area (Å²) < 4.78 is 0. The molecular formula is C13H18N2O2S. The Morgan fingerprint density at radius 1 is 1.44 bits per heavy atom. The molecule has 1 aromatic rings. The predicted molar refractivity (Wildman–Crippen MR) is 69.6 cm³/mol. The van der Waals surface area contributed by atoms with E-state index >= 15 is 0 Å². The maximum atomic E-state index is 11.7. The summed E-state index contributed by atoms with van der Waals surface area (Å²) in [6.45, 7) is 1.58. The topological polar surface area (TPSA) is 53.4 Å². The van der Waals surface area contributed by atoms with Gasteiger partial charge in [-0.05, 0) is 19.3 Å². The lowest BCUT2D eigenvalue weighted by atomic mass is 10.1. The van der Waals surface area contributed by atoms with E-state index in [9.17, 15) is 4.79 Å². The van der Waals surface area contributed by atoms with Gasteiger partial charge in [-0.15, -0.1) is 11.3 Å². The molecule has 1 aliphatic heterocycles. The van der Waals surface area contributed by atoms with Gasteiger partial charge < -0.3 is 10.0 Å². The lowest BCUT2D eigenvalue weighted by Crippen LogP contribution is -2.27. The summed E-state index contributed by atoms with van der Waals surface area (Å²) in [5.41, 5.74) is 1.29. The quantitative estimate of drug-likeness (QED) is 0.885. The van der Waals surface area contributed by atoms with Gasteiger partial charge in [0, 0.05) is 43.3 Å². The summed E-state index contributed by atoms with van der Waals surface area (Å²) in [5.74, 6) is 0.317. The minimum atomic E-state index is 0.119. The number of thiazole rings is 1. The highest BCUT2D eigenvalue weighted by atomic mass is 32.1. The third kappa shape index (κ3) is 2.29. The Morgan fingerprint density at radius 3 is 3.06 bits per heavy atom. The summed E-state index contributed by atoms with van der Waals surface area (Å²) in [5, 5.41) is 10.2. The van der Waals surface area contributed by atoms with Gasteiger partial charge >= 0.3 is 0 Å². The number of carbonyl (C=O) groups is 1. The fraction of sp³-hybridized carbons (Fsp3) is 0.692. The number of aliphatic hydroxyl groups excluding tert-OH is 1. The molecule has 1 atom stereocenters. The number of likely N-dealkylation sites (tertiary alicyclic amines) is 1. The van der Waals surface area contributed by atoms with Crippen LogP contribution < -0.4 is 0 Å². The van der Waals surface area contributed by atoms with E-state index in [2.05, 4.69) is 4.98 Å². The zero-order valence-corrected chi connectivity index (χ0v) is 11.2. The first-order valence-electron chi connectivity index (χ1n) is 6.62. The van der Waals surface area contributed by atoms with Crippen LogP contribution in [0.1, 0.15) is 28.4 Å². The van der Waals surface area contributed by atoms with Crippen LogP contribution in [0.15, 0.2) is 0 Å². The van der Waals surface area contributed by atoms with Crippen LogP contribution in [0.2, 0.25) is 0 Å². The Hall–Kier alpha value is -0.940. The predicted octanol–water partition coefficient (Wildman–Crippen LogP) is 1.02. The second-order valence-corrected chi connectivity index (χ2v) is 6.34. The van der Waals surface area contributed by atoms with Gasteiger partial charge in [0.2, 0.25) is 5.91 Å². The largest absolute Gasteiger partial charge is 0.396 e. The second-order valence-electron chi connectivity index (χ2n) is 5.17. The fourth-order valence-electron chi connectivity index (χ4n) is 2.77. The molecule has 0 spiro atoms. The molecule has 3 rings (SSSR count). The average molecular weight is 266 g/mol. The summed E-state index contributed by atoms with van der Waals surface area (Å²) in [4.78, 5) is 19.7. The van der Waals surface area contributed by atoms with E-state index < -0.39 is 0 Å². The fourth-order valence-corrected chi connectivity index (χ4v) is 3.92. The Labute approximate surface area is 111 Å². The van der Waals surface area contributed by atoms with Gasteiger partial charge in [-0.3, -0.25) is 4.79 Å². The Balaban J connectivity index is 1.56. The molecule has 1 N–H and O–H groups in total. The maximum absolute atomic E-state index is 11.7. The highest BCUT2D eigenvalue weighted by molar-refractivity contribution is 7.11. The molecule has 1 amide bonds. The van der Waals surface area contributed by atoms with Crippen molar-refractivity contribution in [3.63, 3.8) is 0 Å². The average Bonchev–Trinajstić information content (AvgIpc) is 3.00. The van der Waals surface area contributed by atoms with E-state index in [0.717, 1.165) is 19.4 Å². The molecule has 1 unspecified atom stereocenters. The molecule has 1 aliphatic carbocycles. The zero-order chi connectivity index (χ0) is 12.5. The summed E-state index contributed by atoms with van der Waals surface area (Å²) in [6.07, 6.45) is 4.92. The van der Waals surface area contributed by atoms with Gasteiger partial charge in [0.15, 0.2) is 0 Å². The highest BCUT2D eigenvalue weighted by Gasteiger charge is 2.28. The van der Waals surface area contributed by atoms with E-state index in [1.807, 2.05) is 16.2 Å². The van der Waals surface area contributed by atoms with Crippen LogP contribution in [0.5, 0.6) is 0 Å². The molecule has 5 heteroatoms. The SMILES string of the molecule is O=C1CC(CO)CN1CCc1nc2c(s1)CCC2. The van der Waals surface area contributed by atoms with Crippen LogP contribution in [-0.2, 0) is 24.1 Å². The van der Waals surface area contributed by atoms with Gasteiger partial charge in [-0.25, -0.2) is 4.98 Å². The normalized spacial score (nSPS) is 22.8. The number of rotatable bonds is 4. The highest BCUT2D eigenvalue weighted by Crippen LogP contribution is 2.28. The Morgan fingerprint density at radius 2 is 2.33 bits per heavy atom. The first-order chi connectivity index (χ1) is 8.76. The molecule has 2 heterocycles. The Bertz CT molecular complexity index is 436. The van der Waals surface area contributed by atoms with Crippen LogP contribution in [0.25, 0.3) is 0 Å². The van der Waals surface area contributed by atoms with Crippen molar-refractivity contribution < 1.29 is 9.90 Å². The monoisotopic (exact) mass is 266 g/mol. The number of nitrogens with zero attached hydrogens (tertiary/aromatic N) is 2. The van der Waals surface area contributed by atoms with Crippen molar-refractivity contribution >= 4 is 17.2 Å². The molecule has 98 valence electrons. The summed E-state index contributed by atoms with van der Waals surface area (Å²) in [6, 6.07) is 0. The molecule has 2 aliphatic rings. The summed E-state index contributed by atoms with van der Waals surface area (Å²) >= 11 is 1.81. The first-order valence-corrected chi connectivity index (χ1v) is 7.44. The molecule has 4 nitrogen and oxygen atoms in total. The third-order valence-electron chi connectivity index (χ3n) is 3.79. The van der Waals surface area contributed by atoms with Gasteiger partial charge in [0.1, 0.15) is 0 Å². The number of hydrogen-bond donors (Lipinski definition) is 1. The standard InChI is InChI=1S/C13H18N2O2S/c16-8-9-6-13(17)15(7-9)5-4-12-14-10-2-1-3-11(10)18-12/h9,16H,1-8H2. The number of amides is 1. The van der Waals surface area contributed by atoms with E-state index in [4.69, 9.17) is 5.11 Å². The zero-order valence-electron chi connectivity index (χ0n) is 10.4. The number of aryl methyl sites for hydroxylation is 2. The minimum Gasteiger partial charge on any atom is -0.396 e. The molecule has 1 saturated heterocycles. The molecule has 0 aromatic carbocycles. The van der Waals surface area contributed by atoms with Crippen molar-refractivity contribution in [2.24, 2.45) is 5.92 Å². The van der Waals surface area contributed by atoms with Crippen LogP contribution in [-0.4, -0.2) is 40.6 Å². The van der Waals surface area contributed by atoms with Crippen LogP contribution in [0.4, 0.5) is 0 Å². The third-order valence-corrected chi connectivity index (χ3v) is 5.01. The van der Waals surface area contributed by atoms with Crippen LogP contribution in [0, 0.1) is 5.92 Å². The van der Waals surface area contributed by atoms with Crippen LogP contribution >= 0.6 is 11.3 Å². The molecule has 0 saturated carbocycles. The van der Waals surface area contributed by atoms with E-state index in [0.29, 0.717) is 13.0 Å². The minimum absolute atomic E-state index is 0.119. The summed E-state index contributed by atoms with van der Waals surface area (Å²) in [7, 11) is 0. The van der Waals surface area contributed by atoms with Crippen LogP contribution in [0.3, 0.4) is 0 Å². The molecule has 18 heavy (non-hydrogen) atoms. The molecule has 1 aromatic heterocycles. The molecule has 1 fully saturated rings. The van der Waals surface area contributed by atoms with Gasteiger partial charge in [0.25, 0.3) is 0 Å². The number of aromatic nitrogens is 1. The smallest absolute Gasteiger partial charge is 0.223 e. The number of fused-ring (bicyclic) bond motifs is 1. The molecule has 0 bridgehead atoms. The van der Waals surface area contributed by atoms with Crippen molar-refractivity contribution in [3.05, 3.63) is 15.6 Å². The van der Waals surface area contributed by atoms with Crippen molar-refractivity contribution in [2.75, 3.05) is 19.7 Å². The van der Waals surface area contributed by atoms with E-state index in [-0.39, 0.29) is 18.4 Å². The van der Waals surface area contributed by atoms with Crippen molar-refractivity contribution in [1.82, 2.24) is 9.88 Å². The van der Waals surface area contributed by atoms with Gasteiger partial charge in [-0.2, -0.15) is 0 Å². The Kier molecular flexibility index (Phi) is 3.35. The van der Waals surface area contributed by atoms with Gasteiger partial charge in [-0.1, -0.05) is 0 Å². The van der Waals surface area contributed by atoms with E-state index in [1.165, 1.54) is 28.4 Å². The lowest BCUT2D eigenvalue weighted by Gasteiger charge is -2.15. The number of carbonyl (C=O) groups excluding carboxylic acids is 1. The van der Waals surface area contributed by atoms with Crippen molar-refractivity contribution in [3.8, 4) is 0 Å². The molecular weight excluding hydrogens is 248 g/mol. The maximum Gasteiger partial charge on any atom is 0.223 e. The molecule has 0 radical (unpaired) electrons. The first kappa shape index (κ1) is 12.1. The van der Waals surface area contributed by atoms with E-state index in [1.54, 1.807) is 0 Å². The second kappa shape index (κ2) is 4.97. The lowest BCUT2D eigenvalue weighted by molar-refractivity contribution is -0.127. The number of aliphatic hydroxyl groups is 1.